The van der Waals surface area contributed by atoms with Crippen LogP contribution in [-0.4, -0.2) is 0 Å². The first-order valence-corrected chi connectivity index (χ1v) is 5.94. The minimum atomic E-state index is 0.625. The average molecular weight is 217 g/mol. The molecule has 1 nitrogen and oxygen atoms in total. The van der Waals surface area contributed by atoms with Crippen LogP contribution in [0.25, 0.3) is 11.1 Å². The van der Waals surface area contributed by atoms with E-state index < -0.39 is 0 Å². The van der Waals surface area contributed by atoms with E-state index in [4.69, 9.17) is 5.73 Å². The Labute approximate surface area is 94.6 Å². The van der Waals surface area contributed by atoms with E-state index in [2.05, 4.69) is 43.5 Å². The number of nitrogens with two attached hydrogens (primary N) is 1. The van der Waals surface area contributed by atoms with Gasteiger partial charge in [0.25, 0.3) is 0 Å². The van der Waals surface area contributed by atoms with Crippen LogP contribution in [0.5, 0.6) is 0 Å². The lowest BCUT2D eigenvalue weighted by Crippen LogP contribution is -1.95. The van der Waals surface area contributed by atoms with Gasteiger partial charge in [-0.3, -0.25) is 0 Å². The molecule has 0 atom stereocenters. The second kappa shape index (κ2) is 4.17. The maximum Gasteiger partial charge on any atom is 0.0280 e. The van der Waals surface area contributed by atoms with Crippen LogP contribution >= 0.6 is 11.3 Å². The highest BCUT2D eigenvalue weighted by molar-refractivity contribution is 7.10. The molecule has 0 bridgehead atoms. The second-order valence-electron chi connectivity index (χ2n) is 3.84. The van der Waals surface area contributed by atoms with Gasteiger partial charge in [0.05, 0.1) is 0 Å². The van der Waals surface area contributed by atoms with Crippen LogP contribution in [0.2, 0.25) is 0 Å². The van der Waals surface area contributed by atoms with Crippen LogP contribution < -0.4 is 5.73 Å². The number of thiophene rings is 1. The Morgan fingerprint density at radius 3 is 2.40 bits per heavy atom. The van der Waals surface area contributed by atoms with E-state index in [-0.39, 0.29) is 0 Å². The van der Waals surface area contributed by atoms with Crippen LogP contribution in [0.4, 0.5) is 0 Å². The maximum atomic E-state index is 5.72. The van der Waals surface area contributed by atoms with E-state index in [0.717, 1.165) is 0 Å². The smallest absolute Gasteiger partial charge is 0.0280 e. The fourth-order valence-electron chi connectivity index (χ4n) is 1.89. The lowest BCUT2D eigenvalue weighted by atomic mass is 10.0. The average Bonchev–Trinajstić information content (AvgIpc) is 2.63. The largest absolute Gasteiger partial charge is 0.326 e. The van der Waals surface area contributed by atoms with Crippen molar-refractivity contribution in [2.45, 2.75) is 20.4 Å². The van der Waals surface area contributed by atoms with E-state index in [1.807, 2.05) is 0 Å². The summed E-state index contributed by atoms with van der Waals surface area (Å²) in [6.07, 6.45) is 0. The van der Waals surface area contributed by atoms with Gasteiger partial charge in [0.1, 0.15) is 0 Å². The Balaban J connectivity index is 2.53. The lowest BCUT2D eigenvalue weighted by Gasteiger charge is -2.05. The fourth-order valence-corrected chi connectivity index (χ4v) is 2.66. The number of benzene rings is 1. The molecule has 1 aromatic heterocycles. The van der Waals surface area contributed by atoms with Gasteiger partial charge >= 0.3 is 0 Å². The summed E-state index contributed by atoms with van der Waals surface area (Å²) in [7, 11) is 0. The zero-order chi connectivity index (χ0) is 10.8. The molecule has 2 N–H and O–H groups in total. The molecule has 0 saturated carbocycles. The van der Waals surface area contributed by atoms with Gasteiger partial charge in [0.15, 0.2) is 0 Å². The van der Waals surface area contributed by atoms with Crippen molar-refractivity contribution in [3.63, 3.8) is 0 Å². The molecule has 1 heterocycles. The molecule has 0 fully saturated rings. The van der Waals surface area contributed by atoms with Crippen molar-refractivity contribution in [3.05, 3.63) is 45.6 Å². The summed E-state index contributed by atoms with van der Waals surface area (Å²) in [5.74, 6) is 0. The molecular formula is C13H15NS. The Kier molecular flexibility index (Phi) is 2.89. The normalized spacial score (nSPS) is 10.6. The Bertz CT molecular complexity index is 451. The molecule has 0 aliphatic carbocycles. The topological polar surface area (TPSA) is 26.0 Å². The number of rotatable bonds is 2. The molecule has 0 unspecified atom stereocenters. The highest BCUT2D eigenvalue weighted by Crippen LogP contribution is 2.29. The fraction of sp³-hybridized carbons (Fsp3) is 0.231. The van der Waals surface area contributed by atoms with Gasteiger partial charge < -0.3 is 5.73 Å². The summed E-state index contributed by atoms with van der Waals surface area (Å²) in [5, 5.41) is 2.11. The van der Waals surface area contributed by atoms with Crippen molar-refractivity contribution in [3.8, 4) is 11.1 Å². The quantitative estimate of drug-likeness (QED) is 0.818. The third-order valence-corrected chi connectivity index (χ3v) is 3.41. The van der Waals surface area contributed by atoms with Gasteiger partial charge in [-0.1, -0.05) is 29.3 Å². The number of hydrogen-bond acceptors (Lipinski definition) is 2. The molecule has 15 heavy (non-hydrogen) atoms. The van der Waals surface area contributed by atoms with Crippen molar-refractivity contribution >= 4 is 11.3 Å². The first kappa shape index (κ1) is 10.4. The Morgan fingerprint density at radius 2 is 1.80 bits per heavy atom. The standard InChI is InChI=1S/C13H15NS/c1-9-5-10(2)7-11(6-9)12-3-4-15-13(12)8-14/h3-7H,8,14H2,1-2H3. The van der Waals surface area contributed by atoms with E-state index in [1.54, 1.807) is 11.3 Å². The predicted molar refractivity (Wildman–Crippen MR) is 67.1 cm³/mol. The van der Waals surface area contributed by atoms with Gasteiger partial charge in [-0.2, -0.15) is 0 Å². The highest BCUT2D eigenvalue weighted by atomic mass is 32.1. The number of hydrogen-bond donors (Lipinski definition) is 1. The molecule has 78 valence electrons. The molecular weight excluding hydrogens is 202 g/mol. The third kappa shape index (κ3) is 2.11. The van der Waals surface area contributed by atoms with Gasteiger partial charge in [-0.25, -0.2) is 0 Å². The van der Waals surface area contributed by atoms with Gasteiger partial charge in [0.2, 0.25) is 0 Å². The van der Waals surface area contributed by atoms with Gasteiger partial charge in [-0.05, 0) is 36.4 Å². The molecule has 0 aliphatic rings. The molecule has 0 saturated heterocycles. The van der Waals surface area contributed by atoms with Gasteiger partial charge in [0, 0.05) is 11.4 Å². The van der Waals surface area contributed by atoms with E-state index in [1.165, 1.54) is 27.1 Å². The maximum absolute atomic E-state index is 5.72. The van der Waals surface area contributed by atoms with Crippen LogP contribution in [0, 0.1) is 13.8 Å². The van der Waals surface area contributed by atoms with Crippen LogP contribution in [-0.2, 0) is 6.54 Å². The Hall–Kier alpha value is -1.12. The first-order chi connectivity index (χ1) is 7.20. The molecule has 2 heteroatoms. The second-order valence-corrected chi connectivity index (χ2v) is 4.84. The minimum Gasteiger partial charge on any atom is -0.326 e. The third-order valence-electron chi connectivity index (χ3n) is 2.46. The molecule has 1 aromatic carbocycles. The lowest BCUT2D eigenvalue weighted by molar-refractivity contribution is 1.11. The molecule has 0 aliphatic heterocycles. The summed E-state index contributed by atoms with van der Waals surface area (Å²) in [5.41, 5.74) is 10.9. The van der Waals surface area contributed by atoms with Crippen molar-refractivity contribution in [1.82, 2.24) is 0 Å². The summed E-state index contributed by atoms with van der Waals surface area (Å²) < 4.78 is 0. The highest BCUT2D eigenvalue weighted by Gasteiger charge is 2.05. The van der Waals surface area contributed by atoms with Crippen molar-refractivity contribution in [2.75, 3.05) is 0 Å². The van der Waals surface area contributed by atoms with Crippen LogP contribution in [0.3, 0.4) is 0 Å². The van der Waals surface area contributed by atoms with Crippen LogP contribution in [0.1, 0.15) is 16.0 Å². The molecule has 0 amide bonds. The van der Waals surface area contributed by atoms with Crippen molar-refractivity contribution in [2.24, 2.45) is 5.73 Å². The van der Waals surface area contributed by atoms with E-state index in [0.29, 0.717) is 6.54 Å². The van der Waals surface area contributed by atoms with Crippen LogP contribution in [0.15, 0.2) is 29.6 Å². The minimum absolute atomic E-state index is 0.625. The Morgan fingerprint density at radius 1 is 1.13 bits per heavy atom. The summed E-state index contributed by atoms with van der Waals surface area (Å²) >= 11 is 1.73. The number of aryl methyl sites for hydroxylation is 2. The molecule has 2 rings (SSSR count). The monoisotopic (exact) mass is 217 g/mol. The zero-order valence-electron chi connectivity index (χ0n) is 9.08. The summed E-state index contributed by atoms with van der Waals surface area (Å²) in [6, 6.07) is 8.78. The van der Waals surface area contributed by atoms with E-state index in [9.17, 15) is 0 Å². The molecule has 2 aromatic rings. The SMILES string of the molecule is Cc1cc(C)cc(-c2ccsc2CN)c1. The zero-order valence-corrected chi connectivity index (χ0v) is 9.90. The summed E-state index contributed by atoms with van der Waals surface area (Å²) in [4.78, 5) is 1.26. The van der Waals surface area contributed by atoms with Gasteiger partial charge in [-0.15, -0.1) is 11.3 Å². The van der Waals surface area contributed by atoms with Crippen molar-refractivity contribution in [1.29, 1.82) is 0 Å². The first-order valence-electron chi connectivity index (χ1n) is 5.06. The molecule has 0 radical (unpaired) electrons. The predicted octanol–water partition coefficient (Wildman–Crippen LogP) is 3.49. The van der Waals surface area contributed by atoms with Crippen molar-refractivity contribution < 1.29 is 0 Å². The summed E-state index contributed by atoms with van der Waals surface area (Å²) in [6.45, 7) is 4.88. The van der Waals surface area contributed by atoms with E-state index >= 15 is 0 Å². The molecule has 0 spiro atoms.